The highest BCUT2D eigenvalue weighted by atomic mass is 127. The Bertz CT molecular complexity index is 1040. The fourth-order valence-corrected chi connectivity index (χ4v) is 4.67. The first kappa shape index (κ1) is 18.6. The third kappa shape index (κ3) is 3.52. The number of carbonyl (C=O) groups is 1. The average molecular weight is 503 g/mol. The molecule has 9 heteroatoms. The van der Waals surface area contributed by atoms with E-state index in [-0.39, 0.29) is 5.91 Å². The summed E-state index contributed by atoms with van der Waals surface area (Å²) in [6.45, 7) is 2.62. The number of anilines is 2. The molecule has 150 valence electrons. The number of carbonyl (C=O) groups excluding carboxylic acids is 1. The zero-order chi connectivity index (χ0) is 20.0. The van der Waals surface area contributed by atoms with Crippen LogP contribution in [0.5, 0.6) is 0 Å². The second kappa shape index (κ2) is 7.43. The van der Waals surface area contributed by atoms with Crippen LogP contribution in [-0.2, 0) is 13.6 Å². The van der Waals surface area contributed by atoms with Crippen LogP contribution in [0, 0.1) is 0 Å². The van der Waals surface area contributed by atoms with E-state index in [2.05, 4.69) is 48.7 Å². The van der Waals surface area contributed by atoms with Gasteiger partial charge >= 0.3 is 0 Å². The highest BCUT2D eigenvalue weighted by molar-refractivity contribution is 14.1. The predicted molar refractivity (Wildman–Crippen MR) is 119 cm³/mol. The van der Waals surface area contributed by atoms with Crippen LogP contribution in [-0.4, -0.2) is 47.5 Å². The van der Waals surface area contributed by atoms with E-state index in [4.69, 9.17) is 0 Å². The molecule has 3 aromatic heterocycles. The number of alkyl halides is 1. The van der Waals surface area contributed by atoms with Crippen molar-refractivity contribution in [1.82, 2.24) is 24.5 Å². The van der Waals surface area contributed by atoms with Gasteiger partial charge in [0, 0.05) is 42.0 Å². The number of fused-ring (bicyclic) bond motifs is 1. The molecule has 0 radical (unpaired) electrons. The van der Waals surface area contributed by atoms with Crippen molar-refractivity contribution in [2.24, 2.45) is 7.05 Å². The quantitative estimate of drug-likeness (QED) is 0.406. The average Bonchev–Trinajstić information content (AvgIpc) is 3.36. The van der Waals surface area contributed by atoms with Crippen molar-refractivity contribution in [2.75, 3.05) is 22.9 Å². The molecule has 0 aromatic carbocycles. The number of aryl methyl sites for hydroxylation is 1. The summed E-state index contributed by atoms with van der Waals surface area (Å²) in [6.07, 6.45) is 11.0. The monoisotopic (exact) mass is 503 g/mol. The molecule has 1 atom stereocenters. The summed E-state index contributed by atoms with van der Waals surface area (Å²) in [5.74, 6) is 0.923. The summed E-state index contributed by atoms with van der Waals surface area (Å²) in [7, 11) is 1.84. The zero-order valence-corrected chi connectivity index (χ0v) is 18.4. The Kier molecular flexibility index (Phi) is 4.76. The third-order valence-electron chi connectivity index (χ3n) is 5.55. The van der Waals surface area contributed by atoms with E-state index in [9.17, 15) is 4.79 Å². The van der Waals surface area contributed by atoms with Crippen LogP contribution in [0.1, 0.15) is 35.3 Å². The smallest absolute Gasteiger partial charge is 0.279 e. The van der Waals surface area contributed by atoms with Crippen LogP contribution in [0.3, 0.4) is 0 Å². The molecule has 2 aliphatic rings. The van der Waals surface area contributed by atoms with Crippen molar-refractivity contribution >= 4 is 40.0 Å². The lowest BCUT2D eigenvalue weighted by atomic mass is 10.2. The molecule has 0 N–H and O–H groups in total. The molecule has 3 aromatic rings. The van der Waals surface area contributed by atoms with Crippen LogP contribution in [0.4, 0.5) is 11.5 Å². The number of aromatic nitrogens is 5. The zero-order valence-electron chi connectivity index (χ0n) is 16.2. The summed E-state index contributed by atoms with van der Waals surface area (Å²) < 4.78 is 4.20. The summed E-state index contributed by atoms with van der Waals surface area (Å²) >= 11 is 2.55. The Balaban J connectivity index is 1.33. The van der Waals surface area contributed by atoms with E-state index < -0.39 is 0 Å². The molecule has 1 unspecified atom stereocenters. The summed E-state index contributed by atoms with van der Waals surface area (Å²) in [4.78, 5) is 21.5. The summed E-state index contributed by atoms with van der Waals surface area (Å²) in [5.41, 5.74) is 3.08. The Morgan fingerprint density at radius 2 is 2.00 bits per heavy atom. The Morgan fingerprint density at radius 1 is 1.10 bits per heavy atom. The summed E-state index contributed by atoms with van der Waals surface area (Å²) in [6, 6.07) is 4.08. The maximum Gasteiger partial charge on any atom is 0.279 e. The van der Waals surface area contributed by atoms with Crippen molar-refractivity contribution in [3.8, 4) is 5.69 Å². The predicted octanol–water partition coefficient (Wildman–Crippen LogP) is 2.96. The number of rotatable bonds is 3. The number of nitrogens with zero attached hydrogens (tertiary/aromatic N) is 7. The first-order chi connectivity index (χ1) is 14.1. The van der Waals surface area contributed by atoms with Crippen LogP contribution >= 0.6 is 22.6 Å². The van der Waals surface area contributed by atoms with Crippen molar-refractivity contribution in [1.29, 1.82) is 0 Å². The minimum atomic E-state index is -0.0887. The van der Waals surface area contributed by atoms with Gasteiger partial charge in [0.15, 0.2) is 5.69 Å². The number of amides is 1. The largest absolute Gasteiger partial charge is 0.357 e. The van der Waals surface area contributed by atoms with E-state index in [1.807, 2.05) is 31.7 Å². The van der Waals surface area contributed by atoms with Crippen LogP contribution in [0.2, 0.25) is 0 Å². The normalized spacial score (nSPS) is 19.5. The maximum absolute atomic E-state index is 12.8. The first-order valence-corrected chi connectivity index (χ1v) is 11.1. The van der Waals surface area contributed by atoms with Crippen LogP contribution in [0.15, 0.2) is 36.9 Å². The lowest BCUT2D eigenvalue weighted by Crippen LogP contribution is -2.25. The van der Waals surface area contributed by atoms with Gasteiger partial charge in [-0.25, -0.2) is 9.67 Å². The standard InChI is InChI=1S/C20H22IN7O/c1-25-13-17(10-23-25)27-11-14-12-28(24-19(14)20(27)29)16-4-5-18(22-9-16)26-7-2-3-15(21)6-8-26/h4-5,9-10,12-13,15H,2-3,6-8,11H2,1H3. The van der Waals surface area contributed by atoms with Crippen LogP contribution in [0.25, 0.3) is 5.69 Å². The molecule has 8 nitrogen and oxygen atoms in total. The van der Waals surface area contributed by atoms with Gasteiger partial charge in [0.2, 0.25) is 0 Å². The molecule has 0 bridgehead atoms. The van der Waals surface area contributed by atoms with Gasteiger partial charge in [0.1, 0.15) is 5.82 Å². The lowest BCUT2D eigenvalue weighted by molar-refractivity contribution is 0.0991. The molecule has 1 amide bonds. The fourth-order valence-electron chi connectivity index (χ4n) is 3.95. The maximum atomic E-state index is 12.8. The van der Waals surface area contributed by atoms with Crippen molar-refractivity contribution < 1.29 is 4.79 Å². The van der Waals surface area contributed by atoms with Crippen LogP contribution < -0.4 is 9.80 Å². The molecule has 1 saturated heterocycles. The topological polar surface area (TPSA) is 72.1 Å². The minimum Gasteiger partial charge on any atom is -0.357 e. The third-order valence-corrected chi connectivity index (χ3v) is 6.79. The van der Waals surface area contributed by atoms with Crippen molar-refractivity contribution in [3.05, 3.63) is 48.2 Å². The van der Waals surface area contributed by atoms with Gasteiger partial charge in [0.25, 0.3) is 5.91 Å². The summed E-state index contributed by atoms with van der Waals surface area (Å²) in [5, 5.41) is 8.68. The SMILES string of the molecule is Cn1cc(N2Cc3cn(-c4ccc(N5CCCC(I)CC5)nc4)nc3C2=O)cn1. The molecule has 0 spiro atoms. The van der Waals surface area contributed by atoms with Crippen molar-refractivity contribution in [2.45, 2.75) is 29.7 Å². The molecule has 5 heterocycles. The van der Waals surface area contributed by atoms with E-state index in [0.29, 0.717) is 12.2 Å². The first-order valence-electron chi connectivity index (χ1n) is 9.83. The second-order valence-corrected chi connectivity index (χ2v) is 9.36. The van der Waals surface area contributed by atoms with Crippen molar-refractivity contribution in [3.63, 3.8) is 0 Å². The Morgan fingerprint density at radius 3 is 2.72 bits per heavy atom. The number of hydrogen-bond acceptors (Lipinski definition) is 5. The molecule has 0 aliphatic carbocycles. The highest BCUT2D eigenvalue weighted by Gasteiger charge is 2.33. The molecule has 1 fully saturated rings. The van der Waals surface area contributed by atoms with Gasteiger partial charge in [-0.1, -0.05) is 22.6 Å². The highest BCUT2D eigenvalue weighted by Crippen LogP contribution is 2.28. The molecule has 5 rings (SSSR count). The second-order valence-electron chi connectivity index (χ2n) is 7.60. The molecule has 29 heavy (non-hydrogen) atoms. The molecular weight excluding hydrogens is 481 g/mol. The number of pyridine rings is 1. The number of halogens is 1. The lowest BCUT2D eigenvalue weighted by Gasteiger charge is -2.21. The Labute approximate surface area is 182 Å². The minimum absolute atomic E-state index is 0.0887. The molecule has 2 aliphatic heterocycles. The van der Waals surface area contributed by atoms with E-state index in [1.54, 1.807) is 20.5 Å². The van der Waals surface area contributed by atoms with Gasteiger partial charge in [-0.15, -0.1) is 0 Å². The Hall–Kier alpha value is -2.43. The van der Waals surface area contributed by atoms with Gasteiger partial charge in [-0.05, 0) is 31.4 Å². The van der Waals surface area contributed by atoms with E-state index in [1.165, 1.54) is 19.3 Å². The van der Waals surface area contributed by atoms with Gasteiger partial charge in [-0.2, -0.15) is 10.2 Å². The van der Waals surface area contributed by atoms with Gasteiger partial charge in [0.05, 0.1) is 30.3 Å². The van der Waals surface area contributed by atoms with E-state index >= 15 is 0 Å². The van der Waals surface area contributed by atoms with Gasteiger partial charge < -0.3 is 4.90 Å². The van der Waals surface area contributed by atoms with Gasteiger partial charge in [-0.3, -0.25) is 14.4 Å². The molecule has 0 saturated carbocycles. The fraction of sp³-hybridized carbons (Fsp3) is 0.400. The molecular formula is C20H22IN7O. The number of hydrogen-bond donors (Lipinski definition) is 0. The van der Waals surface area contributed by atoms with E-state index in [0.717, 1.165) is 39.8 Å².